The maximum Gasteiger partial charge on any atom is -0.00743 e. The maximum atomic E-state index is 2.46. The van der Waals surface area contributed by atoms with Crippen molar-refractivity contribution < 1.29 is 0 Å². The Bertz CT molecular complexity index is 1200. The summed E-state index contributed by atoms with van der Waals surface area (Å²) < 4.78 is 0. The molecule has 0 aromatic heterocycles. The molecule has 1 fully saturated rings. The fourth-order valence-electron chi connectivity index (χ4n) is 5.02. The van der Waals surface area contributed by atoms with Crippen molar-refractivity contribution in [2.45, 2.75) is 38.0 Å². The second-order valence-corrected chi connectivity index (χ2v) is 8.40. The molecule has 0 saturated heterocycles. The Kier molecular flexibility index (Phi) is 2.79. The van der Waals surface area contributed by atoms with E-state index < -0.39 is 0 Å². The van der Waals surface area contributed by atoms with E-state index in [0.29, 0.717) is 11.8 Å². The maximum absolute atomic E-state index is 2.46. The lowest BCUT2D eigenvalue weighted by atomic mass is 9.81. The van der Waals surface area contributed by atoms with Gasteiger partial charge in [-0.05, 0) is 85.7 Å². The first-order chi connectivity index (χ1) is 12.7. The van der Waals surface area contributed by atoms with E-state index in [4.69, 9.17) is 0 Å². The van der Waals surface area contributed by atoms with Crippen LogP contribution in [0.25, 0.3) is 32.7 Å². The SMILES string of the molecule is CC(C)c1ccc2c(c1)-c1ccc3cc4ccccc4cc3c1C1CC21. The van der Waals surface area contributed by atoms with E-state index in [2.05, 4.69) is 80.6 Å². The smallest absolute Gasteiger partial charge is 0.00743 e. The molecule has 0 heteroatoms. The summed E-state index contributed by atoms with van der Waals surface area (Å²) in [6, 6.07) is 25.4. The molecule has 4 aromatic rings. The highest BCUT2D eigenvalue weighted by Crippen LogP contribution is 2.63. The molecule has 2 aliphatic rings. The minimum Gasteiger partial charge on any atom is -0.0616 e. The summed E-state index contributed by atoms with van der Waals surface area (Å²) in [7, 11) is 0. The molecule has 0 nitrogen and oxygen atoms in total. The summed E-state index contributed by atoms with van der Waals surface area (Å²) in [6.45, 7) is 4.58. The molecule has 6 rings (SSSR count). The number of fused-ring (bicyclic) bond motifs is 9. The van der Waals surface area contributed by atoms with Crippen molar-refractivity contribution in [1.29, 1.82) is 0 Å². The van der Waals surface area contributed by atoms with Crippen molar-refractivity contribution in [1.82, 2.24) is 0 Å². The Morgan fingerprint density at radius 2 is 1.54 bits per heavy atom. The molecule has 4 aromatic carbocycles. The van der Waals surface area contributed by atoms with Crippen molar-refractivity contribution in [2.75, 3.05) is 0 Å². The predicted molar refractivity (Wildman–Crippen MR) is 111 cm³/mol. The van der Waals surface area contributed by atoms with Gasteiger partial charge in [-0.3, -0.25) is 0 Å². The van der Waals surface area contributed by atoms with Crippen molar-refractivity contribution in [3.05, 3.63) is 83.4 Å². The van der Waals surface area contributed by atoms with Crippen LogP contribution in [-0.4, -0.2) is 0 Å². The van der Waals surface area contributed by atoms with E-state index in [-0.39, 0.29) is 0 Å². The minimum atomic E-state index is 0.574. The Balaban J connectivity index is 1.68. The third kappa shape index (κ3) is 1.90. The van der Waals surface area contributed by atoms with Crippen LogP contribution in [0, 0.1) is 0 Å². The summed E-state index contributed by atoms with van der Waals surface area (Å²) >= 11 is 0. The largest absolute Gasteiger partial charge is 0.0616 e. The van der Waals surface area contributed by atoms with E-state index in [1.807, 2.05) is 0 Å². The van der Waals surface area contributed by atoms with Gasteiger partial charge in [0, 0.05) is 0 Å². The number of hydrogen-bond acceptors (Lipinski definition) is 0. The van der Waals surface area contributed by atoms with Gasteiger partial charge in [0.1, 0.15) is 0 Å². The Hall–Kier alpha value is -2.60. The monoisotopic (exact) mass is 334 g/mol. The summed E-state index contributed by atoms with van der Waals surface area (Å²) in [6.07, 6.45) is 1.31. The molecule has 1 saturated carbocycles. The average Bonchev–Trinajstić information content (AvgIpc) is 3.46. The first-order valence-corrected chi connectivity index (χ1v) is 9.80. The van der Waals surface area contributed by atoms with Crippen LogP contribution in [0.2, 0.25) is 0 Å². The zero-order valence-electron chi connectivity index (χ0n) is 15.3. The summed E-state index contributed by atoms with van der Waals surface area (Å²) in [4.78, 5) is 0. The summed E-state index contributed by atoms with van der Waals surface area (Å²) in [5.41, 5.74) is 7.59. The second kappa shape index (κ2) is 4.98. The first-order valence-electron chi connectivity index (χ1n) is 9.80. The van der Waals surface area contributed by atoms with Gasteiger partial charge in [-0.15, -0.1) is 0 Å². The van der Waals surface area contributed by atoms with Gasteiger partial charge in [0.25, 0.3) is 0 Å². The molecule has 2 aliphatic carbocycles. The molecular formula is C26H22. The highest BCUT2D eigenvalue weighted by Gasteiger charge is 2.46. The highest BCUT2D eigenvalue weighted by molar-refractivity contribution is 6.03. The quantitative estimate of drug-likeness (QED) is 0.319. The zero-order chi connectivity index (χ0) is 17.4. The van der Waals surface area contributed by atoms with Gasteiger partial charge in [0.2, 0.25) is 0 Å². The fraction of sp³-hybridized carbons (Fsp3) is 0.231. The van der Waals surface area contributed by atoms with Crippen molar-refractivity contribution >= 4 is 21.5 Å². The molecular weight excluding hydrogens is 312 g/mol. The number of benzene rings is 4. The minimum absolute atomic E-state index is 0.574. The van der Waals surface area contributed by atoms with E-state index in [9.17, 15) is 0 Å². The first kappa shape index (κ1) is 14.6. The average molecular weight is 334 g/mol. The predicted octanol–water partition coefficient (Wildman–Crippen LogP) is 7.37. The molecule has 2 atom stereocenters. The van der Waals surface area contributed by atoms with E-state index in [0.717, 1.165) is 5.92 Å². The van der Waals surface area contributed by atoms with Crippen LogP contribution >= 0.6 is 0 Å². The lowest BCUT2D eigenvalue weighted by Gasteiger charge is -2.23. The van der Waals surface area contributed by atoms with Gasteiger partial charge in [0.05, 0.1) is 0 Å². The van der Waals surface area contributed by atoms with Crippen LogP contribution in [0.1, 0.15) is 54.7 Å². The highest BCUT2D eigenvalue weighted by atomic mass is 14.5. The zero-order valence-corrected chi connectivity index (χ0v) is 15.3. The number of rotatable bonds is 1. The summed E-state index contributed by atoms with van der Waals surface area (Å²) in [5.74, 6) is 2.02. The third-order valence-electron chi connectivity index (χ3n) is 6.52. The van der Waals surface area contributed by atoms with E-state index >= 15 is 0 Å². The van der Waals surface area contributed by atoms with Crippen LogP contribution in [-0.2, 0) is 0 Å². The van der Waals surface area contributed by atoms with Crippen LogP contribution < -0.4 is 0 Å². The van der Waals surface area contributed by atoms with Gasteiger partial charge in [-0.25, -0.2) is 0 Å². The van der Waals surface area contributed by atoms with Crippen molar-refractivity contribution in [3.8, 4) is 11.1 Å². The standard InChI is InChI=1S/C26H22/c1-15(2)16-7-9-20-23(12-16)21-10-8-19-11-17-5-3-4-6-18(17)13-22(19)26(21)25-14-24(20)25/h3-13,15,24-25H,14H2,1-2H3. The van der Waals surface area contributed by atoms with Gasteiger partial charge in [-0.1, -0.05) is 68.4 Å². The van der Waals surface area contributed by atoms with Crippen molar-refractivity contribution in [2.24, 2.45) is 0 Å². The van der Waals surface area contributed by atoms with E-state index in [1.165, 1.54) is 44.7 Å². The Labute approximate surface area is 154 Å². The molecule has 0 radical (unpaired) electrons. The third-order valence-corrected chi connectivity index (χ3v) is 6.52. The van der Waals surface area contributed by atoms with Crippen LogP contribution in [0.4, 0.5) is 0 Å². The van der Waals surface area contributed by atoms with Gasteiger partial charge in [0.15, 0.2) is 0 Å². The van der Waals surface area contributed by atoms with Crippen LogP contribution in [0.5, 0.6) is 0 Å². The fourth-order valence-corrected chi connectivity index (χ4v) is 5.02. The lowest BCUT2D eigenvalue weighted by Crippen LogP contribution is -2.02. The van der Waals surface area contributed by atoms with Crippen LogP contribution in [0.3, 0.4) is 0 Å². The van der Waals surface area contributed by atoms with Crippen LogP contribution in [0.15, 0.2) is 66.7 Å². The summed E-state index contributed by atoms with van der Waals surface area (Å²) in [5, 5.41) is 5.55. The lowest BCUT2D eigenvalue weighted by molar-refractivity contribution is 0.863. The molecule has 0 N–H and O–H groups in total. The van der Waals surface area contributed by atoms with Crippen molar-refractivity contribution in [3.63, 3.8) is 0 Å². The topological polar surface area (TPSA) is 0 Å². The molecule has 0 aliphatic heterocycles. The Morgan fingerprint density at radius 3 is 2.35 bits per heavy atom. The molecule has 0 heterocycles. The van der Waals surface area contributed by atoms with Gasteiger partial charge < -0.3 is 0 Å². The molecule has 0 bridgehead atoms. The second-order valence-electron chi connectivity index (χ2n) is 8.40. The molecule has 0 amide bonds. The van der Waals surface area contributed by atoms with Gasteiger partial charge >= 0.3 is 0 Å². The van der Waals surface area contributed by atoms with Gasteiger partial charge in [-0.2, -0.15) is 0 Å². The van der Waals surface area contributed by atoms with E-state index in [1.54, 1.807) is 11.1 Å². The molecule has 126 valence electrons. The molecule has 0 spiro atoms. The molecule has 2 unspecified atom stereocenters. The number of hydrogen-bond donors (Lipinski definition) is 0. The Morgan fingerprint density at radius 1 is 0.731 bits per heavy atom. The normalized spacial score (nSPS) is 20.1. The molecule has 26 heavy (non-hydrogen) atoms.